The predicted molar refractivity (Wildman–Crippen MR) is 132 cm³/mol. The summed E-state index contributed by atoms with van der Waals surface area (Å²) in [4.78, 5) is 0. The number of methoxy groups -OCH3 is 1. The van der Waals surface area contributed by atoms with Crippen molar-refractivity contribution in [1.29, 1.82) is 0 Å². The number of nitrogens with one attached hydrogen (secondary N) is 1. The Morgan fingerprint density at radius 1 is 0.875 bits per heavy atom. The Labute approximate surface area is 197 Å². The van der Waals surface area contributed by atoms with Crippen LogP contribution in [0.15, 0.2) is 84.0 Å². The van der Waals surface area contributed by atoms with Gasteiger partial charge in [0.25, 0.3) is 0 Å². The highest BCUT2D eigenvalue weighted by molar-refractivity contribution is 6.42. The van der Waals surface area contributed by atoms with Gasteiger partial charge in [0, 0.05) is 11.1 Å². The van der Waals surface area contributed by atoms with Gasteiger partial charge in [-0.25, -0.2) is 0 Å². The second-order valence-corrected chi connectivity index (χ2v) is 7.95. The molecule has 6 heteroatoms. The molecule has 4 aromatic rings. The zero-order valence-corrected chi connectivity index (χ0v) is 19.0. The molecule has 0 aromatic heterocycles. The van der Waals surface area contributed by atoms with Crippen LogP contribution in [0.4, 0.5) is 0 Å². The second-order valence-electron chi connectivity index (χ2n) is 7.14. The molecule has 32 heavy (non-hydrogen) atoms. The van der Waals surface area contributed by atoms with E-state index in [-0.39, 0.29) is 0 Å². The molecule has 0 aliphatic rings. The fourth-order valence-electron chi connectivity index (χ4n) is 3.42. The van der Waals surface area contributed by atoms with Gasteiger partial charge in [-0.3, -0.25) is 0 Å². The van der Waals surface area contributed by atoms with Gasteiger partial charge in [0.05, 0.1) is 29.9 Å². The lowest BCUT2D eigenvalue weighted by Gasteiger charge is -2.12. The van der Waals surface area contributed by atoms with Crippen molar-refractivity contribution in [3.63, 3.8) is 0 Å². The maximum atomic E-state index is 6.14. The lowest BCUT2D eigenvalue weighted by atomic mass is 10.0. The van der Waals surface area contributed by atoms with E-state index in [9.17, 15) is 0 Å². The van der Waals surface area contributed by atoms with E-state index < -0.39 is 0 Å². The van der Waals surface area contributed by atoms with Crippen LogP contribution in [0.5, 0.6) is 11.5 Å². The Morgan fingerprint density at radius 2 is 1.69 bits per heavy atom. The van der Waals surface area contributed by atoms with Crippen molar-refractivity contribution in [3.8, 4) is 11.5 Å². The minimum atomic E-state index is 0.366. The van der Waals surface area contributed by atoms with Crippen molar-refractivity contribution in [3.05, 3.63) is 106 Å². The van der Waals surface area contributed by atoms with E-state index in [0.29, 0.717) is 23.2 Å². The number of nitrogens with zero attached hydrogens (tertiary/aromatic N) is 1. The summed E-state index contributed by atoms with van der Waals surface area (Å²) in [6.07, 6.45) is 1.79. The van der Waals surface area contributed by atoms with Crippen LogP contribution in [-0.2, 0) is 13.2 Å². The largest absolute Gasteiger partial charge is 0.496 e. The van der Waals surface area contributed by atoms with Crippen LogP contribution < -0.4 is 14.9 Å². The van der Waals surface area contributed by atoms with Crippen molar-refractivity contribution < 1.29 is 9.47 Å². The van der Waals surface area contributed by atoms with Crippen molar-refractivity contribution in [2.24, 2.45) is 5.10 Å². The van der Waals surface area contributed by atoms with Crippen LogP contribution in [0.2, 0.25) is 10.0 Å². The van der Waals surface area contributed by atoms with E-state index in [1.807, 2.05) is 60.7 Å². The summed E-state index contributed by atoms with van der Waals surface area (Å²) >= 11 is 12.2. The molecular weight excluding hydrogens is 443 g/mol. The number of hydrazone groups is 1. The molecule has 0 saturated heterocycles. The third kappa shape index (κ3) is 5.16. The first kappa shape index (κ1) is 22.0. The molecule has 4 nitrogen and oxygen atoms in total. The highest BCUT2D eigenvalue weighted by Crippen LogP contribution is 2.28. The van der Waals surface area contributed by atoms with Crippen LogP contribution in [0, 0.1) is 0 Å². The summed E-state index contributed by atoms with van der Waals surface area (Å²) < 4.78 is 11.5. The summed E-state index contributed by atoms with van der Waals surface area (Å²) in [5.41, 5.74) is 5.97. The van der Waals surface area contributed by atoms with E-state index >= 15 is 0 Å². The molecule has 0 radical (unpaired) electrons. The van der Waals surface area contributed by atoms with Crippen molar-refractivity contribution in [2.45, 2.75) is 13.2 Å². The van der Waals surface area contributed by atoms with Crippen LogP contribution in [-0.4, -0.2) is 13.3 Å². The molecule has 1 N–H and O–H groups in total. The van der Waals surface area contributed by atoms with Crippen molar-refractivity contribution in [2.75, 3.05) is 7.11 Å². The Morgan fingerprint density at radius 3 is 2.53 bits per heavy atom. The van der Waals surface area contributed by atoms with Gasteiger partial charge in [-0.15, -0.1) is 0 Å². The number of ether oxygens (including phenoxy) is 2. The number of para-hydroxylation sites is 1. The smallest absolute Gasteiger partial charge is 0.129 e. The average Bonchev–Trinajstić information content (AvgIpc) is 2.83. The summed E-state index contributed by atoms with van der Waals surface area (Å²) in [6.45, 7) is 0.912. The van der Waals surface area contributed by atoms with Gasteiger partial charge in [-0.05, 0) is 40.6 Å². The normalized spacial score (nSPS) is 11.1. The summed E-state index contributed by atoms with van der Waals surface area (Å²) in [5, 5.41) is 7.65. The van der Waals surface area contributed by atoms with Gasteiger partial charge >= 0.3 is 0 Å². The lowest BCUT2D eigenvalue weighted by molar-refractivity contribution is 0.306. The molecule has 0 amide bonds. The zero-order chi connectivity index (χ0) is 22.3. The molecule has 162 valence electrons. The van der Waals surface area contributed by atoms with E-state index in [4.69, 9.17) is 32.7 Å². The minimum Gasteiger partial charge on any atom is -0.496 e. The topological polar surface area (TPSA) is 42.8 Å². The summed E-state index contributed by atoms with van der Waals surface area (Å²) in [7, 11) is 1.66. The molecule has 0 heterocycles. The molecule has 0 unspecified atom stereocenters. The van der Waals surface area contributed by atoms with E-state index in [0.717, 1.165) is 39.0 Å². The van der Waals surface area contributed by atoms with Crippen LogP contribution >= 0.6 is 23.2 Å². The number of rotatable bonds is 8. The Balaban J connectivity index is 1.55. The lowest BCUT2D eigenvalue weighted by Crippen LogP contribution is -2.07. The number of fused-ring (bicyclic) bond motifs is 1. The van der Waals surface area contributed by atoms with Gasteiger partial charge in [-0.2, -0.15) is 5.10 Å². The Hall–Kier alpha value is -3.21. The van der Waals surface area contributed by atoms with Crippen LogP contribution in [0.3, 0.4) is 0 Å². The fourth-order valence-corrected chi connectivity index (χ4v) is 3.74. The average molecular weight is 465 g/mol. The van der Waals surface area contributed by atoms with Crippen molar-refractivity contribution >= 4 is 40.2 Å². The third-order valence-electron chi connectivity index (χ3n) is 5.06. The van der Waals surface area contributed by atoms with Gasteiger partial charge in [0.15, 0.2) is 0 Å². The summed E-state index contributed by atoms with van der Waals surface area (Å²) in [5.74, 6) is 1.56. The monoisotopic (exact) mass is 464 g/mol. The maximum Gasteiger partial charge on any atom is 0.129 e. The second kappa shape index (κ2) is 10.4. The van der Waals surface area contributed by atoms with E-state index in [2.05, 4.69) is 22.7 Å². The van der Waals surface area contributed by atoms with Gasteiger partial charge < -0.3 is 14.9 Å². The minimum absolute atomic E-state index is 0.366. The molecular formula is C26H22Cl2N2O2. The number of hydrogen-bond acceptors (Lipinski definition) is 4. The number of benzene rings is 4. The van der Waals surface area contributed by atoms with Gasteiger partial charge in [-0.1, -0.05) is 77.8 Å². The van der Waals surface area contributed by atoms with Crippen LogP contribution in [0.1, 0.15) is 16.7 Å². The molecule has 0 aliphatic heterocycles. The standard InChI is InChI=1S/C26H22Cl2N2O2/c1-31-25-9-5-3-7-20(25)15-29-30-16-22-21-8-4-2-6-19(21)11-13-26(22)32-17-18-10-12-23(27)24(28)14-18/h2-14,16,29H,15,17H2,1H3/b30-16-. The predicted octanol–water partition coefficient (Wildman–Crippen LogP) is 6.86. The number of hydrogen-bond donors (Lipinski definition) is 1. The SMILES string of the molecule is COc1ccccc1CN/N=C\c1c(OCc2ccc(Cl)c(Cl)c2)ccc2ccccc12. The molecule has 4 aromatic carbocycles. The molecule has 0 fully saturated rings. The van der Waals surface area contributed by atoms with E-state index in [1.54, 1.807) is 19.4 Å². The quantitative estimate of drug-likeness (QED) is 0.228. The first-order valence-corrected chi connectivity index (χ1v) is 10.9. The first-order valence-electron chi connectivity index (χ1n) is 10.1. The molecule has 0 saturated carbocycles. The number of halogens is 2. The molecule has 4 rings (SSSR count). The molecule has 0 spiro atoms. The first-order chi connectivity index (χ1) is 15.7. The highest BCUT2D eigenvalue weighted by atomic mass is 35.5. The third-order valence-corrected chi connectivity index (χ3v) is 5.80. The van der Waals surface area contributed by atoms with Gasteiger partial charge in [0.2, 0.25) is 0 Å². The molecule has 0 atom stereocenters. The molecule has 0 bridgehead atoms. The fraction of sp³-hybridized carbons (Fsp3) is 0.115. The van der Waals surface area contributed by atoms with Crippen LogP contribution in [0.25, 0.3) is 10.8 Å². The Bertz CT molecular complexity index is 1260. The zero-order valence-electron chi connectivity index (χ0n) is 17.5. The molecule has 0 aliphatic carbocycles. The van der Waals surface area contributed by atoms with Crippen molar-refractivity contribution in [1.82, 2.24) is 5.43 Å². The summed E-state index contributed by atoms with van der Waals surface area (Å²) in [6, 6.07) is 25.5. The van der Waals surface area contributed by atoms with Gasteiger partial charge in [0.1, 0.15) is 18.1 Å². The van der Waals surface area contributed by atoms with E-state index in [1.165, 1.54) is 0 Å². The maximum absolute atomic E-state index is 6.14. The highest BCUT2D eigenvalue weighted by Gasteiger charge is 2.09. The Kier molecular flexibility index (Phi) is 7.15.